The molecule has 2 heterocycles. The van der Waals surface area contributed by atoms with Crippen molar-refractivity contribution in [2.75, 3.05) is 11.4 Å². The molecule has 1 N–H and O–H groups in total. The van der Waals surface area contributed by atoms with E-state index in [2.05, 4.69) is 10.5 Å². The van der Waals surface area contributed by atoms with Crippen LogP contribution in [0.2, 0.25) is 5.22 Å². The first kappa shape index (κ1) is 15.6. The molecule has 23 heavy (non-hydrogen) atoms. The Morgan fingerprint density at radius 2 is 2.17 bits per heavy atom. The molecule has 2 amide bonds. The number of anilines is 1. The Hall–Kier alpha value is -2.34. The number of hydrogen-bond donors (Lipinski definition) is 1. The van der Waals surface area contributed by atoms with Crippen LogP contribution in [0.25, 0.3) is 0 Å². The summed E-state index contributed by atoms with van der Waals surface area (Å²) in [6.45, 7) is 2.30. The molecule has 0 saturated carbocycles. The van der Waals surface area contributed by atoms with Gasteiger partial charge in [-0.1, -0.05) is 23.4 Å². The molecule has 0 aliphatic carbocycles. The number of halogens is 1. The standard InChI is InChI=1S/C16H16ClN3O3/c1-10-12(15(17)23-19-10)9-14(21)18-13-7-8-20(16(13)22)11-5-3-2-4-6-11/h2-6,13H,7-9H2,1H3,(H,18,21)/t13-/m0/s1. The topological polar surface area (TPSA) is 75.4 Å². The number of rotatable bonds is 4. The highest BCUT2D eigenvalue weighted by Crippen LogP contribution is 2.22. The van der Waals surface area contributed by atoms with E-state index < -0.39 is 6.04 Å². The van der Waals surface area contributed by atoms with Gasteiger partial charge in [0, 0.05) is 17.8 Å². The van der Waals surface area contributed by atoms with Crippen molar-refractivity contribution in [3.63, 3.8) is 0 Å². The average molecular weight is 334 g/mol. The van der Waals surface area contributed by atoms with Crippen LogP contribution in [-0.2, 0) is 16.0 Å². The molecule has 0 radical (unpaired) electrons. The summed E-state index contributed by atoms with van der Waals surface area (Å²) in [7, 11) is 0. The maximum absolute atomic E-state index is 12.4. The molecule has 6 nitrogen and oxygen atoms in total. The number of hydrogen-bond acceptors (Lipinski definition) is 4. The fourth-order valence-corrected chi connectivity index (χ4v) is 2.88. The lowest BCUT2D eigenvalue weighted by Gasteiger charge is -2.17. The highest BCUT2D eigenvalue weighted by molar-refractivity contribution is 6.29. The van der Waals surface area contributed by atoms with Gasteiger partial charge in [-0.15, -0.1) is 0 Å². The molecule has 1 fully saturated rings. The van der Waals surface area contributed by atoms with Gasteiger partial charge in [-0.3, -0.25) is 9.59 Å². The van der Waals surface area contributed by atoms with E-state index in [9.17, 15) is 9.59 Å². The van der Waals surface area contributed by atoms with Crippen LogP contribution in [0.1, 0.15) is 17.7 Å². The number of aromatic nitrogens is 1. The van der Waals surface area contributed by atoms with Gasteiger partial charge in [-0.05, 0) is 37.1 Å². The first-order chi connectivity index (χ1) is 11.1. The third-order valence-electron chi connectivity index (χ3n) is 3.88. The lowest BCUT2D eigenvalue weighted by atomic mass is 10.1. The quantitative estimate of drug-likeness (QED) is 0.929. The zero-order valence-electron chi connectivity index (χ0n) is 12.6. The van der Waals surface area contributed by atoms with Crippen molar-refractivity contribution in [3.8, 4) is 0 Å². The molecule has 1 saturated heterocycles. The Bertz CT molecular complexity index is 710. The monoisotopic (exact) mass is 333 g/mol. The number of nitrogens with one attached hydrogen (secondary N) is 1. The van der Waals surface area contributed by atoms with Crippen LogP contribution in [0.5, 0.6) is 0 Å². The van der Waals surface area contributed by atoms with Gasteiger partial charge in [-0.2, -0.15) is 0 Å². The van der Waals surface area contributed by atoms with Crippen molar-refractivity contribution >= 4 is 29.1 Å². The number of nitrogens with zero attached hydrogens (tertiary/aromatic N) is 2. The summed E-state index contributed by atoms with van der Waals surface area (Å²) in [6.07, 6.45) is 0.624. The third-order valence-corrected chi connectivity index (χ3v) is 4.18. The van der Waals surface area contributed by atoms with E-state index in [1.54, 1.807) is 11.8 Å². The summed E-state index contributed by atoms with van der Waals surface area (Å²) in [5.74, 6) is -0.371. The number of aryl methyl sites for hydroxylation is 1. The van der Waals surface area contributed by atoms with E-state index in [0.29, 0.717) is 24.2 Å². The molecule has 2 aromatic rings. The molecule has 1 aliphatic rings. The van der Waals surface area contributed by atoms with Crippen molar-refractivity contribution in [1.82, 2.24) is 10.5 Å². The third kappa shape index (κ3) is 3.22. The Balaban J connectivity index is 1.63. The van der Waals surface area contributed by atoms with Crippen LogP contribution < -0.4 is 10.2 Å². The molecule has 0 unspecified atom stereocenters. The normalized spacial score (nSPS) is 17.6. The van der Waals surface area contributed by atoms with Gasteiger partial charge < -0.3 is 14.7 Å². The van der Waals surface area contributed by atoms with E-state index in [1.165, 1.54) is 0 Å². The van der Waals surface area contributed by atoms with Crippen LogP contribution in [0, 0.1) is 6.92 Å². The first-order valence-electron chi connectivity index (χ1n) is 7.32. The van der Waals surface area contributed by atoms with E-state index in [4.69, 9.17) is 16.1 Å². The van der Waals surface area contributed by atoms with Gasteiger partial charge in [0.15, 0.2) is 0 Å². The summed E-state index contributed by atoms with van der Waals surface area (Å²) >= 11 is 5.85. The van der Waals surface area contributed by atoms with Crippen LogP contribution in [-0.4, -0.2) is 29.6 Å². The van der Waals surface area contributed by atoms with Crippen LogP contribution in [0.3, 0.4) is 0 Å². The van der Waals surface area contributed by atoms with Crippen molar-refractivity contribution < 1.29 is 14.1 Å². The second-order valence-corrected chi connectivity index (χ2v) is 5.77. The number of para-hydroxylation sites is 1. The first-order valence-corrected chi connectivity index (χ1v) is 7.70. The van der Waals surface area contributed by atoms with Crippen LogP contribution in [0.4, 0.5) is 5.69 Å². The lowest BCUT2D eigenvalue weighted by molar-refractivity contribution is -0.126. The zero-order valence-corrected chi connectivity index (χ0v) is 13.3. The second kappa shape index (κ2) is 6.42. The Morgan fingerprint density at radius 1 is 1.43 bits per heavy atom. The van der Waals surface area contributed by atoms with Crippen molar-refractivity contribution in [3.05, 3.63) is 46.8 Å². The van der Waals surface area contributed by atoms with E-state index >= 15 is 0 Å². The molecular formula is C16H16ClN3O3. The molecule has 1 atom stereocenters. The van der Waals surface area contributed by atoms with Gasteiger partial charge in [-0.25, -0.2) is 0 Å². The highest BCUT2D eigenvalue weighted by atomic mass is 35.5. The average Bonchev–Trinajstić information content (AvgIpc) is 3.06. The van der Waals surface area contributed by atoms with Crippen molar-refractivity contribution in [2.45, 2.75) is 25.8 Å². The van der Waals surface area contributed by atoms with E-state index in [1.807, 2.05) is 30.3 Å². The Morgan fingerprint density at radius 3 is 2.83 bits per heavy atom. The van der Waals surface area contributed by atoms with Crippen LogP contribution >= 0.6 is 11.6 Å². The number of amides is 2. The molecule has 120 valence electrons. The molecule has 7 heteroatoms. The molecule has 0 spiro atoms. The summed E-state index contributed by atoms with van der Waals surface area (Å²) in [5, 5.41) is 6.58. The molecule has 3 rings (SSSR count). The summed E-state index contributed by atoms with van der Waals surface area (Å²) < 4.78 is 4.82. The predicted octanol–water partition coefficient (Wildman–Crippen LogP) is 2.10. The van der Waals surface area contributed by atoms with Gasteiger partial charge in [0.1, 0.15) is 6.04 Å². The fourth-order valence-electron chi connectivity index (χ4n) is 2.64. The summed E-state index contributed by atoms with van der Waals surface area (Å²) in [5.41, 5.74) is 1.97. The molecule has 1 aromatic carbocycles. The molecular weight excluding hydrogens is 318 g/mol. The van der Waals surface area contributed by atoms with Gasteiger partial charge in [0.05, 0.1) is 12.1 Å². The highest BCUT2D eigenvalue weighted by Gasteiger charge is 2.33. The Kier molecular flexibility index (Phi) is 4.34. The minimum absolute atomic E-state index is 0.0449. The Labute approximate surface area is 138 Å². The number of carbonyl (C=O) groups is 2. The van der Waals surface area contributed by atoms with E-state index in [-0.39, 0.29) is 23.5 Å². The minimum atomic E-state index is -0.512. The van der Waals surface area contributed by atoms with Crippen molar-refractivity contribution in [1.29, 1.82) is 0 Å². The second-order valence-electron chi connectivity index (χ2n) is 5.43. The number of benzene rings is 1. The summed E-state index contributed by atoms with van der Waals surface area (Å²) in [4.78, 5) is 26.3. The summed E-state index contributed by atoms with van der Waals surface area (Å²) in [6, 6.07) is 8.90. The van der Waals surface area contributed by atoms with Crippen molar-refractivity contribution in [2.24, 2.45) is 0 Å². The fraction of sp³-hybridized carbons (Fsp3) is 0.312. The largest absolute Gasteiger partial charge is 0.344 e. The van der Waals surface area contributed by atoms with Crippen LogP contribution in [0.15, 0.2) is 34.9 Å². The smallest absolute Gasteiger partial charge is 0.249 e. The maximum atomic E-state index is 12.4. The minimum Gasteiger partial charge on any atom is -0.344 e. The molecule has 1 aromatic heterocycles. The van der Waals surface area contributed by atoms with Gasteiger partial charge in [0.2, 0.25) is 17.0 Å². The zero-order chi connectivity index (χ0) is 16.4. The lowest BCUT2D eigenvalue weighted by Crippen LogP contribution is -2.42. The number of carbonyl (C=O) groups excluding carboxylic acids is 2. The molecule has 0 bridgehead atoms. The van der Waals surface area contributed by atoms with Gasteiger partial charge in [0.25, 0.3) is 0 Å². The predicted molar refractivity (Wildman–Crippen MR) is 85.3 cm³/mol. The molecule has 1 aliphatic heterocycles. The SMILES string of the molecule is Cc1noc(Cl)c1CC(=O)N[C@H]1CCN(c2ccccc2)C1=O. The van der Waals surface area contributed by atoms with E-state index in [0.717, 1.165) is 5.69 Å². The van der Waals surface area contributed by atoms with Gasteiger partial charge >= 0.3 is 0 Å². The maximum Gasteiger partial charge on any atom is 0.249 e.